The van der Waals surface area contributed by atoms with Gasteiger partial charge in [-0.2, -0.15) is 0 Å². The zero-order chi connectivity index (χ0) is 24.2. The Kier molecular flexibility index (Phi) is 6.87. The lowest BCUT2D eigenvalue weighted by atomic mass is 10.1. The van der Waals surface area contributed by atoms with Crippen molar-refractivity contribution in [1.29, 1.82) is 0 Å². The summed E-state index contributed by atoms with van der Waals surface area (Å²) < 4.78 is 11.2. The zero-order valence-corrected chi connectivity index (χ0v) is 19.8. The van der Waals surface area contributed by atoms with Gasteiger partial charge in [0, 0.05) is 51.4 Å². The van der Waals surface area contributed by atoms with Crippen molar-refractivity contribution in [2.24, 2.45) is 0 Å². The van der Waals surface area contributed by atoms with Gasteiger partial charge in [-0.3, -0.25) is 19.5 Å². The smallest absolute Gasteiger partial charge is 0.274 e. The number of amides is 2. The normalized spacial score (nSPS) is 19.1. The minimum atomic E-state index is -0.120. The van der Waals surface area contributed by atoms with E-state index in [4.69, 9.17) is 9.47 Å². The van der Waals surface area contributed by atoms with Crippen LogP contribution in [0.1, 0.15) is 20.8 Å². The van der Waals surface area contributed by atoms with Crippen LogP contribution >= 0.6 is 0 Å². The highest BCUT2D eigenvalue weighted by Crippen LogP contribution is 2.17. The van der Waals surface area contributed by atoms with Crippen LogP contribution in [0.25, 0.3) is 11.0 Å². The number of carbonyl (C=O) groups is 2. The Labute approximate surface area is 204 Å². The molecular formula is C26H29N5O4. The lowest BCUT2D eigenvalue weighted by Crippen LogP contribution is -2.54. The topological polar surface area (TPSA) is 88.1 Å². The van der Waals surface area contributed by atoms with Crippen LogP contribution in [0.5, 0.6) is 5.75 Å². The highest BCUT2D eigenvalue weighted by Gasteiger charge is 2.29. The number of ether oxygens (including phenoxy) is 2. The molecule has 5 rings (SSSR count). The summed E-state index contributed by atoms with van der Waals surface area (Å²) in [6.07, 6.45) is 1.47. The lowest BCUT2D eigenvalue weighted by molar-refractivity contribution is -0.0401. The van der Waals surface area contributed by atoms with Gasteiger partial charge in [0.2, 0.25) is 0 Å². The van der Waals surface area contributed by atoms with Crippen molar-refractivity contribution < 1.29 is 19.1 Å². The van der Waals surface area contributed by atoms with Crippen LogP contribution in [-0.4, -0.2) is 102 Å². The minimum absolute atomic E-state index is 0.0192. The molecule has 0 spiro atoms. The van der Waals surface area contributed by atoms with Gasteiger partial charge in [0.25, 0.3) is 11.8 Å². The summed E-state index contributed by atoms with van der Waals surface area (Å²) in [5.41, 5.74) is 2.48. The fraction of sp³-hybridized carbons (Fsp3) is 0.385. The lowest BCUT2D eigenvalue weighted by Gasteiger charge is -2.39. The van der Waals surface area contributed by atoms with Gasteiger partial charge in [0.05, 0.1) is 37.1 Å². The van der Waals surface area contributed by atoms with Crippen molar-refractivity contribution in [2.75, 3.05) is 59.5 Å². The van der Waals surface area contributed by atoms with Gasteiger partial charge in [-0.1, -0.05) is 18.2 Å². The molecule has 182 valence electrons. The fourth-order valence-electron chi connectivity index (χ4n) is 4.60. The summed E-state index contributed by atoms with van der Waals surface area (Å²) in [5.74, 6) is 0.577. The molecule has 2 fully saturated rings. The second kappa shape index (κ2) is 10.4. The van der Waals surface area contributed by atoms with Crippen molar-refractivity contribution >= 4 is 22.8 Å². The maximum atomic E-state index is 13.1. The van der Waals surface area contributed by atoms with Gasteiger partial charge in [0.1, 0.15) is 11.4 Å². The molecule has 0 saturated carbocycles. The van der Waals surface area contributed by atoms with E-state index in [-0.39, 0.29) is 17.9 Å². The molecule has 1 unspecified atom stereocenters. The van der Waals surface area contributed by atoms with Crippen LogP contribution < -0.4 is 4.74 Å². The predicted octanol–water partition coefficient (Wildman–Crippen LogP) is 1.94. The number of aromatic nitrogens is 2. The number of carbonyl (C=O) groups excluding carboxylic acids is 2. The van der Waals surface area contributed by atoms with Crippen LogP contribution in [-0.2, 0) is 4.74 Å². The van der Waals surface area contributed by atoms with Gasteiger partial charge in [-0.25, -0.2) is 4.98 Å². The number of benzene rings is 2. The Morgan fingerprint density at radius 1 is 0.971 bits per heavy atom. The highest BCUT2D eigenvalue weighted by atomic mass is 16.5. The number of para-hydroxylation sites is 2. The molecule has 0 radical (unpaired) electrons. The molecule has 3 heterocycles. The third kappa shape index (κ3) is 5.26. The van der Waals surface area contributed by atoms with Crippen LogP contribution in [0.2, 0.25) is 0 Å². The number of piperazine rings is 1. The van der Waals surface area contributed by atoms with Crippen LogP contribution in [0.3, 0.4) is 0 Å². The van der Waals surface area contributed by atoms with Gasteiger partial charge in [-0.15, -0.1) is 0 Å². The van der Waals surface area contributed by atoms with E-state index in [0.29, 0.717) is 61.9 Å². The van der Waals surface area contributed by atoms with Gasteiger partial charge in [-0.05, 0) is 30.3 Å². The molecule has 35 heavy (non-hydrogen) atoms. The molecular weight excluding hydrogens is 446 g/mol. The third-order valence-corrected chi connectivity index (χ3v) is 6.53. The number of nitrogens with zero attached hydrogens (tertiary/aromatic N) is 5. The van der Waals surface area contributed by atoms with Crippen molar-refractivity contribution in [3.63, 3.8) is 0 Å². The maximum Gasteiger partial charge on any atom is 0.274 e. The molecule has 2 aromatic carbocycles. The Bertz CT molecular complexity index is 1210. The first kappa shape index (κ1) is 23.2. The Hall–Kier alpha value is -3.56. The second-order valence-corrected chi connectivity index (χ2v) is 8.81. The number of methoxy groups -OCH3 is 1. The third-order valence-electron chi connectivity index (χ3n) is 6.53. The van der Waals surface area contributed by atoms with Gasteiger partial charge >= 0.3 is 0 Å². The summed E-state index contributed by atoms with van der Waals surface area (Å²) in [6, 6.07) is 14.8. The van der Waals surface area contributed by atoms with Crippen LogP contribution in [0, 0.1) is 0 Å². The van der Waals surface area contributed by atoms with E-state index in [2.05, 4.69) is 14.9 Å². The maximum absolute atomic E-state index is 13.1. The molecule has 1 aromatic heterocycles. The number of fused-ring (bicyclic) bond motifs is 1. The van der Waals surface area contributed by atoms with Gasteiger partial charge < -0.3 is 19.3 Å². The Morgan fingerprint density at radius 3 is 2.57 bits per heavy atom. The molecule has 9 heteroatoms. The number of hydrogen-bond acceptors (Lipinski definition) is 7. The predicted molar refractivity (Wildman–Crippen MR) is 131 cm³/mol. The molecule has 2 saturated heterocycles. The zero-order valence-electron chi connectivity index (χ0n) is 19.8. The first-order valence-corrected chi connectivity index (χ1v) is 11.9. The Morgan fingerprint density at radius 2 is 1.77 bits per heavy atom. The van der Waals surface area contributed by atoms with Crippen molar-refractivity contribution in [3.8, 4) is 5.75 Å². The van der Waals surface area contributed by atoms with Crippen LogP contribution in [0.4, 0.5) is 0 Å². The summed E-state index contributed by atoms with van der Waals surface area (Å²) >= 11 is 0. The first-order valence-electron chi connectivity index (χ1n) is 11.9. The summed E-state index contributed by atoms with van der Waals surface area (Å²) in [6.45, 7) is 5.08. The quantitative estimate of drug-likeness (QED) is 0.557. The molecule has 0 bridgehead atoms. The molecule has 0 N–H and O–H groups in total. The van der Waals surface area contributed by atoms with Crippen LogP contribution in [0.15, 0.2) is 54.7 Å². The average Bonchev–Trinajstić information content (AvgIpc) is 2.92. The fourth-order valence-corrected chi connectivity index (χ4v) is 4.60. The van der Waals surface area contributed by atoms with E-state index >= 15 is 0 Å². The monoisotopic (exact) mass is 475 g/mol. The molecule has 2 aliphatic rings. The number of rotatable bonds is 5. The van der Waals surface area contributed by atoms with E-state index in [0.717, 1.165) is 18.6 Å². The largest absolute Gasteiger partial charge is 0.497 e. The number of hydrogen-bond donors (Lipinski definition) is 0. The summed E-state index contributed by atoms with van der Waals surface area (Å²) in [5, 5.41) is 0. The standard InChI is InChI=1S/C26H29N5O4/c1-34-20-6-4-5-19(15-20)25(32)30-11-9-29(10-12-30)17-21-18-31(13-14-35-21)26(33)24-16-27-22-7-2-3-8-23(22)28-24/h2-8,15-16,21H,9-14,17-18H2,1H3. The summed E-state index contributed by atoms with van der Waals surface area (Å²) in [4.78, 5) is 40.8. The highest BCUT2D eigenvalue weighted by molar-refractivity contribution is 5.95. The summed E-state index contributed by atoms with van der Waals surface area (Å²) in [7, 11) is 1.60. The van der Waals surface area contributed by atoms with E-state index < -0.39 is 0 Å². The Balaban J connectivity index is 1.14. The minimum Gasteiger partial charge on any atom is -0.497 e. The van der Waals surface area contributed by atoms with E-state index in [1.807, 2.05) is 47.4 Å². The van der Waals surface area contributed by atoms with E-state index in [1.54, 1.807) is 24.3 Å². The van der Waals surface area contributed by atoms with Gasteiger partial charge in [0.15, 0.2) is 0 Å². The van der Waals surface area contributed by atoms with Crippen molar-refractivity contribution in [1.82, 2.24) is 24.7 Å². The average molecular weight is 476 g/mol. The van der Waals surface area contributed by atoms with E-state index in [9.17, 15) is 9.59 Å². The molecule has 1 atom stereocenters. The SMILES string of the molecule is COc1cccc(C(=O)N2CCN(CC3CN(C(=O)c4cnc5ccccc5n4)CCO3)CC2)c1. The molecule has 0 aliphatic carbocycles. The second-order valence-electron chi connectivity index (χ2n) is 8.81. The van der Waals surface area contributed by atoms with Crippen molar-refractivity contribution in [3.05, 3.63) is 66.0 Å². The molecule has 2 amide bonds. The van der Waals surface area contributed by atoms with E-state index in [1.165, 1.54) is 0 Å². The first-order chi connectivity index (χ1) is 17.1. The molecule has 9 nitrogen and oxygen atoms in total. The number of morpholine rings is 1. The molecule has 2 aliphatic heterocycles. The molecule has 3 aromatic rings. The van der Waals surface area contributed by atoms with Crippen molar-refractivity contribution in [2.45, 2.75) is 6.10 Å².